The highest BCUT2D eigenvalue weighted by molar-refractivity contribution is 5.92. The van der Waals surface area contributed by atoms with Crippen LogP contribution in [-0.2, 0) is 4.79 Å². The Hall–Kier alpha value is -1.98. The Labute approximate surface area is 85.1 Å². The summed E-state index contributed by atoms with van der Waals surface area (Å²) in [7, 11) is 0. The lowest BCUT2D eigenvalue weighted by Gasteiger charge is -2.05. The largest absolute Gasteiger partial charge is 0.340 e. The number of amides is 1. The topological polar surface area (TPSA) is 69.4 Å². The van der Waals surface area contributed by atoms with Crippen LogP contribution in [0.2, 0.25) is 0 Å². The fraction of sp³-hybridized carbons (Fsp3) is 0.222. The van der Waals surface area contributed by atoms with Gasteiger partial charge in [-0.15, -0.1) is 0 Å². The minimum absolute atomic E-state index is 0.0278. The number of hydrogen-bond acceptors (Lipinski definition) is 2. The predicted octanol–water partition coefficient (Wildman–Crippen LogP) is 1.89. The molecule has 0 aliphatic carbocycles. The molecule has 0 saturated carbocycles. The molecule has 0 saturated heterocycles. The van der Waals surface area contributed by atoms with Crippen LogP contribution >= 0.6 is 0 Å². The third-order valence-electron chi connectivity index (χ3n) is 1.88. The number of halogens is 1. The van der Waals surface area contributed by atoms with Crippen LogP contribution in [0.3, 0.4) is 0 Å². The highest BCUT2D eigenvalue weighted by Crippen LogP contribution is 2.29. The summed E-state index contributed by atoms with van der Waals surface area (Å²) in [5.41, 5.74) is -0.137. The molecule has 0 unspecified atom stereocenters. The summed E-state index contributed by atoms with van der Waals surface area (Å²) in [6.07, 6.45) is 0. The van der Waals surface area contributed by atoms with E-state index in [0.29, 0.717) is 0 Å². The molecule has 0 aliphatic heterocycles. The molecule has 0 radical (unpaired) electrons. The molecule has 2 N–H and O–H groups in total. The zero-order valence-electron chi connectivity index (χ0n) is 8.24. The molecular weight excluding hydrogens is 203 g/mol. The van der Waals surface area contributed by atoms with Crippen LogP contribution in [0.15, 0.2) is 12.1 Å². The van der Waals surface area contributed by atoms with E-state index in [1.54, 1.807) is 0 Å². The van der Waals surface area contributed by atoms with Gasteiger partial charge in [-0.05, 0) is 13.0 Å². The van der Waals surface area contributed by atoms with Gasteiger partial charge in [0.2, 0.25) is 5.91 Å². The number of anilines is 1. The van der Waals surface area contributed by atoms with E-state index in [1.165, 1.54) is 13.8 Å². The second kappa shape index (κ2) is 4.04. The Morgan fingerprint density at radius 3 is 2.60 bits per heavy atom. The molecule has 0 aromatic heterocycles. The first-order chi connectivity index (χ1) is 6.93. The van der Waals surface area contributed by atoms with Gasteiger partial charge in [0.1, 0.15) is 11.5 Å². The third kappa shape index (κ3) is 2.28. The van der Waals surface area contributed by atoms with Gasteiger partial charge in [0.25, 0.3) is 4.92 Å². The van der Waals surface area contributed by atoms with Crippen LogP contribution in [0.25, 0.3) is 0 Å². The van der Waals surface area contributed by atoms with E-state index in [9.17, 15) is 14.1 Å². The van der Waals surface area contributed by atoms with Crippen LogP contribution in [-0.4, -0.2) is 16.0 Å². The quantitative estimate of drug-likeness (QED) is 0.737. The molecule has 6 heteroatoms. The van der Waals surface area contributed by atoms with Gasteiger partial charge in [-0.2, -0.15) is 0 Å². The molecule has 5 nitrogen and oxygen atoms in total. The van der Waals surface area contributed by atoms with E-state index in [1.807, 2.05) is 0 Å². The van der Waals surface area contributed by atoms with Gasteiger partial charge < -0.3 is 5.32 Å². The Morgan fingerprint density at radius 1 is 1.53 bits per heavy atom. The Bertz CT molecular complexity index is 432. The SMILES string of the molecule is CC(=O)Nc1c([N+](=O)O)ccc(F)c1C. The highest BCUT2D eigenvalue weighted by Gasteiger charge is 2.23. The smallest absolute Gasteiger partial charge is 0.320 e. The zero-order chi connectivity index (χ0) is 11.6. The van der Waals surface area contributed by atoms with E-state index in [4.69, 9.17) is 5.21 Å². The maximum absolute atomic E-state index is 13.1. The molecule has 0 bridgehead atoms. The van der Waals surface area contributed by atoms with E-state index in [2.05, 4.69) is 5.32 Å². The van der Waals surface area contributed by atoms with Crippen molar-refractivity contribution < 1.29 is 19.3 Å². The van der Waals surface area contributed by atoms with Crippen molar-refractivity contribution in [3.63, 3.8) is 0 Å². The summed E-state index contributed by atoms with van der Waals surface area (Å²) >= 11 is 0. The average molecular weight is 213 g/mol. The molecule has 1 aromatic rings. The lowest BCUT2D eigenvalue weighted by atomic mass is 10.1. The Morgan fingerprint density at radius 2 is 2.13 bits per heavy atom. The van der Waals surface area contributed by atoms with Crippen molar-refractivity contribution in [1.29, 1.82) is 0 Å². The van der Waals surface area contributed by atoms with Crippen LogP contribution in [0.1, 0.15) is 12.5 Å². The summed E-state index contributed by atoms with van der Waals surface area (Å²) in [6, 6.07) is 2.12. The molecule has 0 fully saturated rings. The molecule has 0 aliphatic rings. The molecule has 0 atom stereocenters. The summed E-state index contributed by atoms with van der Waals surface area (Å²) in [5, 5.41) is 11.0. The van der Waals surface area contributed by atoms with Crippen molar-refractivity contribution in [3.8, 4) is 0 Å². The number of benzene rings is 1. The lowest BCUT2D eigenvalue weighted by Crippen LogP contribution is -2.10. The van der Waals surface area contributed by atoms with Gasteiger partial charge in [0.05, 0.1) is 4.91 Å². The second-order valence-corrected chi connectivity index (χ2v) is 3.02. The van der Waals surface area contributed by atoms with Gasteiger partial charge in [-0.1, -0.05) is 0 Å². The third-order valence-corrected chi connectivity index (χ3v) is 1.88. The van der Waals surface area contributed by atoms with E-state index < -0.39 is 16.6 Å². The normalized spacial score (nSPS) is 9.80. The first-order valence-electron chi connectivity index (χ1n) is 4.16. The molecule has 1 aromatic carbocycles. The van der Waals surface area contributed by atoms with Crippen molar-refractivity contribution in [1.82, 2.24) is 0 Å². The fourth-order valence-corrected chi connectivity index (χ4v) is 1.17. The lowest BCUT2D eigenvalue weighted by molar-refractivity contribution is -0.729. The molecular formula is C9H10FN2O3+. The van der Waals surface area contributed by atoms with Crippen molar-refractivity contribution in [2.45, 2.75) is 13.8 Å². The van der Waals surface area contributed by atoms with Gasteiger partial charge in [0.15, 0.2) is 0 Å². The number of nitrogens with zero attached hydrogens (tertiary/aromatic N) is 1. The first-order valence-corrected chi connectivity index (χ1v) is 4.16. The maximum atomic E-state index is 13.1. The monoisotopic (exact) mass is 213 g/mol. The Kier molecular flexibility index (Phi) is 2.99. The number of carbonyl (C=O) groups is 1. The van der Waals surface area contributed by atoms with Crippen LogP contribution in [0.4, 0.5) is 15.8 Å². The second-order valence-electron chi connectivity index (χ2n) is 3.02. The maximum Gasteiger partial charge on any atom is 0.340 e. The molecule has 1 rings (SSSR count). The molecule has 15 heavy (non-hydrogen) atoms. The van der Waals surface area contributed by atoms with Crippen molar-refractivity contribution in [2.75, 3.05) is 5.32 Å². The van der Waals surface area contributed by atoms with E-state index in [-0.39, 0.29) is 16.9 Å². The van der Waals surface area contributed by atoms with Crippen LogP contribution in [0, 0.1) is 17.6 Å². The first kappa shape index (κ1) is 11.1. The van der Waals surface area contributed by atoms with Gasteiger partial charge >= 0.3 is 5.69 Å². The van der Waals surface area contributed by atoms with E-state index in [0.717, 1.165) is 12.1 Å². The molecule has 0 heterocycles. The van der Waals surface area contributed by atoms with Crippen LogP contribution < -0.4 is 5.32 Å². The number of carbonyl (C=O) groups excluding carboxylic acids is 1. The highest BCUT2D eigenvalue weighted by atomic mass is 19.1. The minimum atomic E-state index is -0.565. The zero-order valence-corrected chi connectivity index (χ0v) is 8.24. The molecule has 80 valence electrons. The summed E-state index contributed by atoms with van der Waals surface area (Å²) in [4.78, 5) is 21.1. The minimum Gasteiger partial charge on any atom is -0.320 e. The molecule has 0 spiro atoms. The summed E-state index contributed by atoms with van der Waals surface area (Å²) < 4.78 is 13.1. The fourth-order valence-electron chi connectivity index (χ4n) is 1.17. The summed E-state index contributed by atoms with van der Waals surface area (Å²) in [5.74, 6) is -1.02. The van der Waals surface area contributed by atoms with Gasteiger partial charge in [-0.3, -0.25) is 4.79 Å². The summed E-state index contributed by atoms with van der Waals surface area (Å²) in [6.45, 7) is 2.62. The number of rotatable bonds is 2. The van der Waals surface area contributed by atoms with Crippen molar-refractivity contribution in [2.24, 2.45) is 0 Å². The number of nitrogens with one attached hydrogen (secondary N) is 1. The van der Waals surface area contributed by atoms with E-state index >= 15 is 0 Å². The molecule has 1 amide bonds. The standard InChI is InChI=1S/C9H9FN2O3/c1-5-7(10)3-4-8(12(14)15)9(5)11-6(2)13/h3-4H,1-2H3,(H-,11,13,14,15)/p+1. The van der Waals surface area contributed by atoms with Crippen molar-refractivity contribution >= 4 is 17.3 Å². The average Bonchev–Trinajstić information content (AvgIpc) is 2.12. The Balaban J connectivity index is 3.34. The van der Waals surface area contributed by atoms with Crippen LogP contribution in [0.5, 0.6) is 0 Å². The van der Waals surface area contributed by atoms with Crippen molar-refractivity contribution in [3.05, 3.63) is 28.4 Å². The van der Waals surface area contributed by atoms with Gasteiger partial charge in [0, 0.05) is 18.6 Å². The number of hydrogen-bond donors (Lipinski definition) is 2. The predicted molar refractivity (Wildman–Crippen MR) is 50.5 cm³/mol. The van der Waals surface area contributed by atoms with Gasteiger partial charge in [-0.25, -0.2) is 9.60 Å².